The lowest BCUT2D eigenvalue weighted by molar-refractivity contribution is -0.140. The van der Waals surface area contributed by atoms with E-state index in [1.807, 2.05) is 43.2 Å². The molecule has 6 nitrogen and oxygen atoms in total. The van der Waals surface area contributed by atoms with E-state index in [0.29, 0.717) is 44.1 Å². The van der Waals surface area contributed by atoms with E-state index in [1.54, 1.807) is 22.5 Å². The molecule has 144 valence electrons. The number of rotatable bonds is 4. The Morgan fingerprint density at radius 3 is 2.41 bits per heavy atom. The molecule has 27 heavy (non-hydrogen) atoms. The predicted molar refractivity (Wildman–Crippen MR) is 105 cm³/mol. The van der Waals surface area contributed by atoms with Crippen molar-refractivity contribution in [2.24, 2.45) is 5.41 Å². The van der Waals surface area contributed by atoms with Gasteiger partial charge in [0.2, 0.25) is 5.91 Å². The molecule has 0 saturated carbocycles. The second kappa shape index (κ2) is 8.08. The molecular weight excluding hydrogens is 362 g/mol. The molecule has 2 amide bonds. The highest BCUT2D eigenvalue weighted by molar-refractivity contribution is 7.07. The number of carbonyl (C=O) groups is 2. The third kappa shape index (κ3) is 4.66. The normalized spacial score (nSPS) is 14.9. The molecule has 1 fully saturated rings. The zero-order valence-electron chi connectivity index (χ0n) is 16.0. The van der Waals surface area contributed by atoms with E-state index in [9.17, 15) is 9.59 Å². The van der Waals surface area contributed by atoms with Crippen molar-refractivity contribution in [3.63, 3.8) is 0 Å². The molecule has 2 heterocycles. The van der Waals surface area contributed by atoms with Crippen molar-refractivity contribution in [1.82, 2.24) is 14.8 Å². The summed E-state index contributed by atoms with van der Waals surface area (Å²) in [7, 11) is 0. The maximum atomic E-state index is 13.0. The minimum absolute atomic E-state index is 0.0632. The van der Waals surface area contributed by atoms with Crippen molar-refractivity contribution in [2.45, 2.75) is 27.4 Å². The Balaban J connectivity index is 1.64. The fourth-order valence-electron chi connectivity index (χ4n) is 2.99. The van der Waals surface area contributed by atoms with E-state index < -0.39 is 5.41 Å². The van der Waals surface area contributed by atoms with Crippen molar-refractivity contribution in [1.29, 1.82) is 0 Å². The fraction of sp³-hybridized carbons (Fsp3) is 0.450. The smallest absolute Gasteiger partial charge is 0.257 e. The maximum absolute atomic E-state index is 13.0. The average molecular weight is 388 g/mol. The van der Waals surface area contributed by atoms with Crippen LogP contribution in [0.15, 0.2) is 35.2 Å². The molecular formula is C20H25N3O3S. The summed E-state index contributed by atoms with van der Waals surface area (Å²) in [6, 6.07) is 7.28. The molecule has 0 bridgehead atoms. The van der Waals surface area contributed by atoms with Crippen LogP contribution in [-0.2, 0) is 11.4 Å². The molecule has 1 saturated heterocycles. The first-order valence-corrected chi connectivity index (χ1v) is 9.98. The molecule has 0 radical (unpaired) electrons. The number of benzene rings is 1. The van der Waals surface area contributed by atoms with Crippen LogP contribution in [0.1, 0.15) is 36.8 Å². The Hall–Kier alpha value is -2.41. The molecule has 3 rings (SSSR count). The van der Waals surface area contributed by atoms with Crippen molar-refractivity contribution >= 4 is 23.2 Å². The van der Waals surface area contributed by atoms with Crippen LogP contribution in [0.2, 0.25) is 0 Å². The number of nitrogens with zero attached hydrogens (tertiary/aromatic N) is 3. The quantitative estimate of drug-likeness (QED) is 0.809. The van der Waals surface area contributed by atoms with E-state index in [1.165, 1.54) is 11.3 Å². The highest BCUT2D eigenvalue weighted by Crippen LogP contribution is 2.23. The van der Waals surface area contributed by atoms with E-state index in [-0.39, 0.29) is 11.8 Å². The largest absolute Gasteiger partial charge is 0.486 e. The third-order valence-electron chi connectivity index (χ3n) is 4.47. The number of amides is 2. The Bertz CT molecular complexity index is 791. The molecule has 0 aliphatic carbocycles. The monoisotopic (exact) mass is 387 g/mol. The number of hydrogen-bond donors (Lipinski definition) is 0. The summed E-state index contributed by atoms with van der Waals surface area (Å²) in [5.74, 6) is 0.622. The lowest BCUT2D eigenvalue weighted by Gasteiger charge is -2.37. The van der Waals surface area contributed by atoms with Crippen LogP contribution in [0.5, 0.6) is 5.75 Å². The first-order chi connectivity index (χ1) is 12.9. The van der Waals surface area contributed by atoms with Crippen LogP contribution in [0.4, 0.5) is 0 Å². The summed E-state index contributed by atoms with van der Waals surface area (Å²) in [6.45, 7) is 8.27. The van der Waals surface area contributed by atoms with Crippen molar-refractivity contribution in [2.75, 3.05) is 26.2 Å². The van der Waals surface area contributed by atoms with Gasteiger partial charge in [-0.2, -0.15) is 0 Å². The van der Waals surface area contributed by atoms with Crippen LogP contribution in [0.3, 0.4) is 0 Å². The van der Waals surface area contributed by atoms with Gasteiger partial charge in [-0.15, -0.1) is 11.3 Å². The number of aromatic nitrogens is 1. The lowest BCUT2D eigenvalue weighted by Crippen LogP contribution is -2.53. The first kappa shape index (κ1) is 19.4. The van der Waals surface area contributed by atoms with Gasteiger partial charge in [0.15, 0.2) is 0 Å². The van der Waals surface area contributed by atoms with Crippen LogP contribution in [0, 0.1) is 5.41 Å². The van der Waals surface area contributed by atoms with Gasteiger partial charge < -0.3 is 14.5 Å². The first-order valence-electron chi connectivity index (χ1n) is 9.04. The molecule has 1 aromatic heterocycles. The molecule has 1 aromatic carbocycles. The average Bonchev–Trinajstić information content (AvgIpc) is 3.18. The number of carbonyl (C=O) groups excluding carboxylic acids is 2. The fourth-order valence-corrected chi connectivity index (χ4v) is 3.53. The van der Waals surface area contributed by atoms with Crippen LogP contribution < -0.4 is 4.74 Å². The van der Waals surface area contributed by atoms with Crippen LogP contribution in [0.25, 0.3) is 0 Å². The minimum atomic E-state index is -0.400. The number of ether oxygens (including phenoxy) is 1. The number of hydrogen-bond acceptors (Lipinski definition) is 5. The number of thiazole rings is 1. The van der Waals surface area contributed by atoms with Gasteiger partial charge in [0.25, 0.3) is 5.91 Å². The lowest BCUT2D eigenvalue weighted by atomic mass is 9.94. The second-order valence-corrected chi connectivity index (χ2v) is 8.32. The zero-order chi connectivity index (χ0) is 19.4. The molecule has 0 unspecified atom stereocenters. The van der Waals surface area contributed by atoms with E-state index in [2.05, 4.69) is 4.98 Å². The Morgan fingerprint density at radius 2 is 1.78 bits per heavy atom. The minimum Gasteiger partial charge on any atom is -0.486 e. The highest BCUT2D eigenvalue weighted by atomic mass is 32.1. The van der Waals surface area contributed by atoms with Gasteiger partial charge in [0, 0.05) is 37.0 Å². The van der Waals surface area contributed by atoms with Gasteiger partial charge in [-0.3, -0.25) is 9.59 Å². The summed E-state index contributed by atoms with van der Waals surface area (Å²) < 4.78 is 5.83. The molecule has 2 aromatic rings. The summed E-state index contributed by atoms with van der Waals surface area (Å²) in [4.78, 5) is 33.2. The molecule has 7 heteroatoms. The van der Waals surface area contributed by atoms with Gasteiger partial charge in [0.05, 0.1) is 16.8 Å². The summed E-state index contributed by atoms with van der Waals surface area (Å²) in [5.41, 5.74) is 2.75. The van der Waals surface area contributed by atoms with Crippen LogP contribution in [-0.4, -0.2) is 52.8 Å². The Labute approximate surface area is 163 Å². The van der Waals surface area contributed by atoms with Crippen molar-refractivity contribution < 1.29 is 14.3 Å². The van der Waals surface area contributed by atoms with E-state index >= 15 is 0 Å². The molecule has 1 aliphatic rings. The second-order valence-electron chi connectivity index (χ2n) is 7.60. The summed E-state index contributed by atoms with van der Waals surface area (Å²) in [6.07, 6.45) is 0. The van der Waals surface area contributed by atoms with Crippen molar-refractivity contribution in [3.8, 4) is 5.75 Å². The topological polar surface area (TPSA) is 62.7 Å². The predicted octanol–water partition coefficient (Wildman–Crippen LogP) is 3.05. The molecule has 1 aliphatic heterocycles. The third-order valence-corrected chi connectivity index (χ3v) is 5.11. The van der Waals surface area contributed by atoms with Gasteiger partial charge >= 0.3 is 0 Å². The number of para-hydroxylation sites is 1. The molecule has 0 atom stereocenters. The van der Waals surface area contributed by atoms with Crippen LogP contribution >= 0.6 is 11.3 Å². The zero-order valence-corrected chi connectivity index (χ0v) is 16.8. The van der Waals surface area contributed by atoms with Gasteiger partial charge in [-0.05, 0) is 12.1 Å². The standard InChI is InChI=1S/C20H25N3O3S/c1-20(2,3)19(25)23-10-8-22(9-11-23)18(24)16-6-4-5-7-17(16)26-12-15-13-27-14-21-15/h4-7,13-14H,8-12H2,1-3H3. The van der Waals surface area contributed by atoms with Crippen molar-refractivity contribution in [3.05, 3.63) is 46.4 Å². The summed E-state index contributed by atoms with van der Waals surface area (Å²) >= 11 is 1.51. The number of piperazine rings is 1. The SMILES string of the molecule is CC(C)(C)C(=O)N1CCN(C(=O)c2ccccc2OCc2cscn2)CC1. The van der Waals surface area contributed by atoms with Gasteiger partial charge in [0.1, 0.15) is 12.4 Å². The van der Waals surface area contributed by atoms with Gasteiger partial charge in [-0.1, -0.05) is 32.9 Å². The Morgan fingerprint density at radius 1 is 1.11 bits per heavy atom. The van der Waals surface area contributed by atoms with E-state index in [0.717, 1.165) is 5.69 Å². The highest BCUT2D eigenvalue weighted by Gasteiger charge is 2.31. The van der Waals surface area contributed by atoms with E-state index in [4.69, 9.17) is 4.74 Å². The Kier molecular flexibility index (Phi) is 5.79. The maximum Gasteiger partial charge on any atom is 0.257 e. The molecule has 0 spiro atoms. The van der Waals surface area contributed by atoms with Gasteiger partial charge in [-0.25, -0.2) is 4.98 Å². The molecule has 0 N–H and O–H groups in total. The summed E-state index contributed by atoms with van der Waals surface area (Å²) in [5, 5.41) is 1.93.